The second kappa shape index (κ2) is 8.81. The highest BCUT2D eigenvalue weighted by atomic mass is 16.6. The van der Waals surface area contributed by atoms with Gasteiger partial charge in [0.1, 0.15) is 17.1 Å². The van der Waals surface area contributed by atoms with Crippen molar-refractivity contribution in [1.29, 1.82) is 0 Å². The van der Waals surface area contributed by atoms with Crippen LogP contribution in [0.3, 0.4) is 0 Å². The van der Waals surface area contributed by atoms with Gasteiger partial charge < -0.3 is 10.1 Å². The largest absolute Gasteiger partial charge is 0.443 e. The first kappa shape index (κ1) is 23.3. The summed E-state index contributed by atoms with van der Waals surface area (Å²) in [6, 6.07) is 5.57. The minimum absolute atomic E-state index is 0.247. The molecule has 1 aromatic rings. The van der Waals surface area contributed by atoms with Gasteiger partial charge in [-0.1, -0.05) is 38.0 Å². The number of anilines is 1. The van der Waals surface area contributed by atoms with Crippen LogP contribution in [0.15, 0.2) is 24.3 Å². The van der Waals surface area contributed by atoms with E-state index in [4.69, 9.17) is 4.74 Å². The van der Waals surface area contributed by atoms with E-state index in [0.29, 0.717) is 17.7 Å². The Kier molecular flexibility index (Phi) is 6.84. The molecule has 1 heterocycles. The predicted molar refractivity (Wildman–Crippen MR) is 111 cm³/mol. The molecule has 1 aliphatic heterocycles. The summed E-state index contributed by atoms with van der Waals surface area (Å²) in [7, 11) is 0. The highest BCUT2D eigenvalue weighted by Crippen LogP contribution is 2.47. The lowest BCUT2D eigenvalue weighted by atomic mass is 9.71. The van der Waals surface area contributed by atoms with Crippen LogP contribution in [0.2, 0.25) is 0 Å². The normalized spacial score (nSPS) is 19.2. The number of ether oxygens (including phenoxy) is 1. The quantitative estimate of drug-likeness (QED) is 0.535. The zero-order chi connectivity index (χ0) is 22.7. The van der Waals surface area contributed by atoms with E-state index >= 15 is 0 Å². The average molecular weight is 419 g/mol. The molecule has 1 N–H and O–H groups in total. The highest BCUT2D eigenvalue weighted by molar-refractivity contribution is 6.21. The summed E-state index contributed by atoms with van der Waals surface area (Å²) in [6.45, 7) is 7.60. The van der Waals surface area contributed by atoms with Gasteiger partial charge in [-0.2, -0.15) is 0 Å². The Morgan fingerprint density at radius 1 is 1.30 bits per heavy atom. The first-order chi connectivity index (χ1) is 13.9. The summed E-state index contributed by atoms with van der Waals surface area (Å²) < 4.78 is 5.43. The van der Waals surface area contributed by atoms with Gasteiger partial charge in [-0.15, -0.1) is 0 Å². The molecular formula is C21H29N3O6. The highest BCUT2D eigenvalue weighted by Gasteiger charge is 2.59. The molecule has 3 amide bonds. The summed E-state index contributed by atoms with van der Waals surface area (Å²) in [5, 5.41) is 14.0. The van der Waals surface area contributed by atoms with E-state index in [2.05, 4.69) is 5.32 Å². The molecule has 0 aromatic heterocycles. The first-order valence-corrected chi connectivity index (χ1v) is 10.00. The number of hydrogen-bond donors (Lipinski definition) is 1. The van der Waals surface area contributed by atoms with Crippen molar-refractivity contribution < 1.29 is 24.0 Å². The third kappa shape index (κ3) is 4.60. The molecule has 30 heavy (non-hydrogen) atoms. The number of rotatable bonds is 7. The SMILES string of the molecule is CCCC[C@@]1([C@@H](C[N+](=O)[O-])NC(C)=O)C(=O)N(C(=O)OC(C)(C)C)c2ccccc21. The molecule has 0 saturated heterocycles. The number of nitrogens with zero attached hydrogens (tertiary/aromatic N) is 2. The van der Waals surface area contributed by atoms with E-state index in [1.807, 2.05) is 6.92 Å². The van der Waals surface area contributed by atoms with Crippen molar-refractivity contribution in [3.63, 3.8) is 0 Å². The topological polar surface area (TPSA) is 119 Å². The lowest BCUT2D eigenvalue weighted by molar-refractivity contribution is -0.484. The monoisotopic (exact) mass is 419 g/mol. The van der Waals surface area contributed by atoms with Crippen LogP contribution in [0, 0.1) is 10.1 Å². The molecular weight excluding hydrogens is 390 g/mol. The maximum Gasteiger partial charge on any atom is 0.421 e. The number of benzene rings is 1. The Bertz CT molecular complexity index is 831. The molecule has 1 aromatic carbocycles. The summed E-state index contributed by atoms with van der Waals surface area (Å²) in [6.07, 6.45) is 0.712. The number of carbonyl (C=O) groups excluding carboxylic acids is 3. The molecule has 0 spiro atoms. The van der Waals surface area contributed by atoms with Gasteiger partial charge in [-0.3, -0.25) is 19.7 Å². The van der Waals surface area contributed by atoms with E-state index in [0.717, 1.165) is 11.3 Å². The Morgan fingerprint density at radius 2 is 1.93 bits per heavy atom. The molecule has 164 valence electrons. The molecule has 2 rings (SSSR count). The van der Waals surface area contributed by atoms with E-state index in [-0.39, 0.29) is 6.42 Å². The summed E-state index contributed by atoms with van der Waals surface area (Å²) in [5.41, 5.74) is -1.47. The average Bonchev–Trinajstić information content (AvgIpc) is 2.86. The molecule has 0 radical (unpaired) electrons. The third-order valence-corrected chi connectivity index (χ3v) is 5.02. The zero-order valence-electron chi connectivity index (χ0n) is 18.1. The molecule has 0 fully saturated rings. The van der Waals surface area contributed by atoms with Gasteiger partial charge in [0.15, 0.2) is 0 Å². The lowest BCUT2D eigenvalue weighted by Gasteiger charge is -2.35. The number of unbranched alkanes of at least 4 members (excludes halogenated alkanes) is 1. The molecule has 1 aliphatic rings. The fraction of sp³-hybridized carbons (Fsp3) is 0.571. The summed E-state index contributed by atoms with van der Waals surface area (Å²) in [4.78, 5) is 50.4. The molecule has 2 atom stereocenters. The van der Waals surface area contributed by atoms with Gasteiger partial charge >= 0.3 is 6.09 Å². The van der Waals surface area contributed by atoms with Crippen LogP contribution in [0.4, 0.5) is 10.5 Å². The fourth-order valence-corrected chi connectivity index (χ4v) is 3.89. The van der Waals surface area contributed by atoms with E-state index in [1.54, 1.807) is 45.0 Å². The Balaban J connectivity index is 2.69. The second-order valence-electron chi connectivity index (χ2n) is 8.48. The predicted octanol–water partition coefficient (Wildman–Crippen LogP) is 3.18. The zero-order valence-corrected chi connectivity index (χ0v) is 18.1. The summed E-state index contributed by atoms with van der Waals surface area (Å²) in [5.74, 6) is -1.11. The second-order valence-corrected chi connectivity index (χ2v) is 8.48. The molecule has 0 unspecified atom stereocenters. The van der Waals surface area contributed by atoms with Crippen LogP contribution >= 0.6 is 0 Å². The number of nitro groups is 1. The number of amides is 3. The van der Waals surface area contributed by atoms with Crippen molar-refractivity contribution in [3.05, 3.63) is 39.9 Å². The lowest BCUT2D eigenvalue weighted by Crippen LogP contribution is -2.59. The van der Waals surface area contributed by atoms with Crippen LogP contribution in [-0.2, 0) is 19.7 Å². The maximum absolute atomic E-state index is 13.8. The molecule has 0 aliphatic carbocycles. The van der Waals surface area contributed by atoms with Gasteiger partial charge in [-0.05, 0) is 38.8 Å². The molecule has 0 saturated carbocycles. The molecule has 9 nitrogen and oxygen atoms in total. The standard InChI is InChI=1S/C21H29N3O6/c1-6-7-12-21(17(13-23(28)29)22-14(2)25)15-10-8-9-11-16(15)24(18(21)26)19(27)30-20(3,4)5/h8-11,17H,6-7,12-13H2,1-5H3,(H,22,25)/t17-,21-/m1/s1. The number of fused-ring (bicyclic) bond motifs is 1. The van der Waals surface area contributed by atoms with Crippen LogP contribution in [0.25, 0.3) is 0 Å². The third-order valence-electron chi connectivity index (χ3n) is 5.02. The minimum atomic E-state index is -1.44. The van der Waals surface area contributed by atoms with Gasteiger partial charge in [0.25, 0.3) is 0 Å². The smallest absolute Gasteiger partial charge is 0.421 e. The number of carbonyl (C=O) groups is 3. The Labute approximate surface area is 175 Å². The number of imide groups is 1. The molecule has 0 bridgehead atoms. The van der Waals surface area contributed by atoms with Crippen LogP contribution in [0.5, 0.6) is 0 Å². The molecule has 9 heteroatoms. The number of nitrogens with one attached hydrogen (secondary N) is 1. The number of para-hydroxylation sites is 1. The fourth-order valence-electron chi connectivity index (χ4n) is 3.89. The van der Waals surface area contributed by atoms with Gasteiger partial charge in [-0.25, -0.2) is 9.69 Å². The van der Waals surface area contributed by atoms with Crippen molar-refractivity contribution >= 4 is 23.6 Å². The Morgan fingerprint density at radius 3 is 2.47 bits per heavy atom. The van der Waals surface area contributed by atoms with E-state index in [1.165, 1.54) is 6.92 Å². The van der Waals surface area contributed by atoms with Crippen LogP contribution in [-0.4, -0.2) is 41.0 Å². The van der Waals surface area contributed by atoms with E-state index < -0.39 is 46.4 Å². The van der Waals surface area contributed by atoms with Crippen molar-refractivity contribution in [1.82, 2.24) is 5.32 Å². The van der Waals surface area contributed by atoms with Crippen molar-refractivity contribution in [2.45, 2.75) is 70.9 Å². The van der Waals surface area contributed by atoms with Gasteiger partial charge in [0.05, 0.1) is 5.69 Å². The van der Waals surface area contributed by atoms with Gasteiger partial charge in [0.2, 0.25) is 18.4 Å². The van der Waals surface area contributed by atoms with Gasteiger partial charge in [0, 0.05) is 11.8 Å². The summed E-state index contributed by atoms with van der Waals surface area (Å²) >= 11 is 0. The van der Waals surface area contributed by atoms with Crippen molar-refractivity contribution in [2.75, 3.05) is 11.4 Å². The van der Waals surface area contributed by atoms with Crippen LogP contribution < -0.4 is 10.2 Å². The first-order valence-electron chi connectivity index (χ1n) is 10.00. The Hall–Kier alpha value is -2.97. The van der Waals surface area contributed by atoms with E-state index in [9.17, 15) is 24.5 Å². The van der Waals surface area contributed by atoms with Crippen molar-refractivity contribution in [3.8, 4) is 0 Å². The minimum Gasteiger partial charge on any atom is -0.443 e. The maximum atomic E-state index is 13.8. The number of hydrogen-bond acceptors (Lipinski definition) is 6. The van der Waals surface area contributed by atoms with Crippen molar-refractivity contribution in [2.24, 2.45) is 0 Å². The van der Waals surface area contributed by atoms with Crippen LogP contribution in [0.1, 0.15) is 59.4 Å².